The first kappa shape index (κ1) is 29.9. The molecule has 2 fully saturated rings. The van der Waals surface area contributed by atoms with Crippen LogP contribution < -0.4 is 11.1 Å². The summed E-state index contributed by atoms with van der Waals surface area (Å²) < 4.78 is 16.2. The van der Waals surface area contributed by atoms with E-state index >= 15 is 4.39 Å². The van der Waals surface area contributed by atoms with Crippen molar-refractivity contribution >= 4 is 40.6 Å². The summed E-state index contributed by atoms with van der Waals surface area (Å²) >= 11 is 0. The number of halogens is 1. The molecule has 2 saturated carbocycles. The highest BCUT2D eigenvalue weighted by molar-refractivity contribution is 6.32. The van der Waals surface area contributed by atoms with E-state index in [4.69, 9.17) is 5.73 Å². The van der Waals surface area contributed by atoms with Crippen molar-refractivity contribution in [2.75, 3.05) is 26.5 Å². The second-order valence-corrected chi connectivity index (χ2v) is 12.7. The van der Waals surface area contributed by atoms with E-state index < -0.39 is 93.4 Å². The van der Waals surface area contributed by atoms with E-state index in [1.54, 1.807) is 11.9 Å². The Labute approximate surface area is 241 Å². The highest BCUT2D eigenvalue weighted by Gasteiger charge is 2.69. The number of fused-ring (bicyclic) bond motifs is 4. The Bertz CT molecular complexity index is 1460. The van der Waals surface area contributed by atoms with Crippen LogP contribution in [0.4, 0.5) is 10.1 Å². The van der Waals surface area contributed by atoms with Crippen LogP contribution >= 0.6 is 0 Å². The number of aromatic hydroxyl groups is 1. The molecule has 0 radical (unpaired) electrons. The molecule has 13 heteroatoms. The van der Waals surface area contributed by atoms with Gasteiger partial charge in [0.2, 0.25) is 11.8 Å². The number of rotatable bonds is 4. The van der Waals surface area contributed by atoms with E-state index in [-0.39, 0.29) is 42.1 Å². The number of phenolic OH excluding ortho intramolecular Hbond substituents is 1. The number of aliphatic hydroxyl groups is 1. The van der Waals surface area contributed by atoms with Crippen molar-refractivity contribution in [2.24, 2.45) is 35.3 Å². The fourth-order valence-corrected chi connectivity index (χ4v) is 7.53. The van der Waals surface area contributed by atoms with E-state index in [0.717, 1.165) is 0 Å². The van der Waals surface area contributed by atoms with Crippen LogP contribution in [0.5, 0.6) is 5.75 Å². The summed E-state index contributed by atoms with van der Waals surface area (Å²) in [5, 5.41) is 25.5. The minimum Gasteiger partial charge on any atom is -0.505 e. The lowest BCUT2D eigenvalue weighted by molar-refractivity contribution is -0.181. The molecule has 1 aromatic carbocycles. The molecule has 1 aliphatic heterocycles. The maximum Gasteiger partial charge on any atom is 0.241 e. The molecule has 4 aliphatic rings. The molecule has 5 rings (SSSR count). The van der Waals surface area contributed by atoms with Gasteiger partial charge in [0.1, 0.15) is 5.82 Å². The van der Waals surface area contributed by atoms with Gasteiger partial charge >= 0.3 is 0 Å². The number of carbonyl (C=O) groups is 6. The number of hydrogen-bond acceptors (Lipinski definition) is 10. The Kier molecular flexibility index (Phi) is 7.14. The quantitative estimate of drug-likeness (QED) is 0.272. The van der Waals surface area contributed by atoms with Gasteiger partial charge in [0, 0.05) is 23.6 Å². The number of benzene rings is 1. The van der Waals surface area contributed by atoms with Crippen molar-refractivity contribution in [3.05, 3.63) is 22.5 Å². The van der Waals surface area contributed by atoms with Crippen molar-refractivity contribution in [2.45, 2.75) is 57.3 Å². The molecular formula is C29H35FN4O8. The number of nitrogens with two attached hydrogens (primary N) is 1. The van der Waals surface area contributed by atoms with Crippen LogP contribution in [-0.2, 0) is 36.9 Å². The third-order valence-electron chi connectivity index (χ3n) is 9.45. The van der Waals surface area contributed by atoms with Gasteiger partial charge in [0.05, 0.1) is 29.3 Å². The molecule has 226 valence electrons. The minimum atomic E-state index is -2.88. The standard InChI is InChI=1S/C29H35FN4O8/c1-10(2)6-15-28(41)32-20-13(9-34(15)5)19(30)12-7-11-8-14-21(33(3)4)24(37)18(27(31)40)26(39)29(14,42)25(38)16(11)22(35)17(12)23(20)36/h10-11,14-16,18,21,36,42H,6-9H2,1-5H3,(H2,31,40)(H,32,41)/t11-,14-,15-,16?,18?,21-,29-/m0/s1. The average Bonchev–Trinajstić information content (AvgIpc) is 3.00. The minimum absolute atomic E-state index is 0.00302. The molecule has 0 bridgehead atoms. The molecular weight excluding hydrogens is 551 g/mol. The van der Waals surface area contributed by atoms with Crippen LogP contribution in [0.2, 0.25) is 0 Å². The van der Waals surface area contributed by atoms with Crippen molar-refractivity contribution in [3.8, 4) is 5.75 Å². The maximum absolute atomic E-state index is 16.2. The lowest BCUT2D eigenvalue weighted by Crippen LogP contribution is -2.74. The van der Waals surface area contributed by atoms with Gasteiger partial charge in [-0.3, -0.25) is 38.6 Å². The van der Waals surface area contributed by atoms with Crippen molar-refractivity contribution in [1.29, 1.82) is 0 Å². The summed E-state index contributed by atoms with van der Waals surface area (Å²) in [6.45, 7) is 3.83. The summed E-state index contributed by atoms with van der Waals surface area (Å²) in [5.41, 5.74) is 1.56. The molecule has 0 aromatic heterocycles. The van der Waals surface area contributed by atoms with Gasteiger partial charge in [-0.2, -0.15) is 0 Å². The molecule has 5 N–H and O–H groups in total. The zero-order valence-electron chi connectivity index (χ0n) is 24.1. The van der Waals surface area contributed by atoms with Crippen LogP contribution in [-0.4, -0.2) is 93.8 Å². The predicted molar refractivity (Wildman–Crippen MR) is 145 cm³/mol. The van der Waals surface area contributed by atoms with Gasteiger partial charge in [-0.05, 0) is 52.2 Å². The molecule has 1 heterocycles. The van der Waals surface area contributed by atoms with Gasteiger partial charge in [0.15, 0.2) is 40.4 Å². The lowest BCUT2D eigenvalue weighted by Gasteiger charge is -2.52. The number of nitrogens with one attached hydrogen (secondary N) is 1. The van der Waals surface area contributed by atoms with Gasteiger partial charge in [-0.25, -0.2) is 4.39 Å². The molecule has 3 aliphatic carbocycles. The van der Waals surface area contributed by atoms with Crippen molar-refractivity contribution < 1.29 is 43.4 Å². The van der Waals surface area contributed by atoms with Crippen LogP contribution in [0.3, 0.4) is 0 Å². The van der Waals surface area contributed by atoms with E-state index in [9.17, 15) is 39.0 Å². The molecule has 42 heavy (non-hydrogen) atoms. The van der Waals surface area contributed by atoms with Crippen LogP contribution in [0.15, 0.2) is 0 Å². The third-order valence-corrected chi connectivity index (χ3v) is 9.45. The summed E-state index contributed by atoms with van der Waals surface area (Å²) in [7, 11) is 4.63. The Morgan fingerprint density at radius 3 is 2.38 bits per heavy atom. The number of primary amides is 1. The van der Waals surface area contributed by atoms with Crippen LogP contribution in [0.25, 0.3) is 0 Å². The summed E-state index contributed by atoms with van der Waals surface area (Å²) in [6, 6.07) is -1.88. The SMILES string of the molecule is CC(C)C[C@H]1C(=O)Nc2c(O)c3c(c(F)c2CN1C)C[C@H]1C[C@H]2[C@H](N(C)C)C(=O)C(C(N)=O)C(=O)[C@@]2(O)C(=O)C1C3=O. The number of likely N-dealkylation sites (N-methyl/N-ethyl adjacent to an activating group) is 2. The Hall–Kier alpha value is -3.55. The highest BCUT2D eigenvalue weighted by atomic mass is 19.1. The fraction of sp³-hybridized carbons (Fsp3) is 0.586. The number of Topliss-reactive ketones (excluding diaryl/α,β-unsaturated/α-hetero) is 4. The Morgan fingerprint density at radius 2 is 1.81 bits per heavy atom. The Balaban J connectivity index is 1.63. The van der Waals surface area contributed by atoms with E-state index in [2.05, 4.69) is 5.32 Å². The number of ketones is 4. The summed E-state index contributed by atoms with van der Waals surface area (Å²) in [4.78, 5) is 82.7. The molecule has 0 spiro atoms. The monoisotopic (exact) mass is 586 g/mol. The molecule has 2 amide bonds. The fourth-order valence-electron chi connectivity index (χ4n) is 7.53. The topological polar surface area (TPSA) is 187 Å². The number of nitrogens with zero attached hydrogens (tertiary/aromatic N) is 2. The molecule has 2 unspecified atom stereocenters. The smallest absolute Gasteiger partial charge is 0.241 e. The van der Waals surface area contributed by atoms with E-state index in [1.807, 2.05) is 13.8 Å². The van der Waals surface area contributed by atoms with Crippen LogP contribution in [0, 0.1) is 35.4 Å². The molecule has 7 atom stereocenters. The predicted octanol–water partition coefficient (Wildman–Crippen LogP) is -0.195. The number of amides is 2. The summed E-state index contributed by atoms with van der Waals surface area (Å²) in [5.74, 6) is -13.6. The van der Waals surface area contributed by atoms with Gasteiger partial charge in [0.25, 0.3) is 0 Å². The zero-order chi connectivity index (χ0) is 31.2. The van der Waals surface area contributed by atoms with E-state index in [1.165, 1.54) is 19.0 Å². The van der Waals surface area contributed by atoms with Gasteiger partial charge < -0.3 is 21.3 Å². The second kappa shape index (κ2) is 10.0. The van der Waals surface area contributed by atoms with Crippen LogP contribution in [0.1, 0.15) is 48.2 Å². The molecule has 0 saturated heterocycles. The Morgan fingerprint density at radius 1 is 1.17 bits per heavy atom. The number of hydrogen-bond donors (Lipinski definition) is 4. The van der Waals surface area contributed by atoms with Gasteiger partial charge in [-0.15, -0.1) is 0 Å². The molecule has 12 nitrogen and oxygen atoms in total. The first-order chi connectivity index (χ1) is 19.5. The second-order valence-electron chi connectivity index (χ2n) is 12.7. The lowest BCUT2D eigenvalue weighted by atomic mass is 9.52. The highest BCUT2D eigenvalue weighted by Crippen LogP contribution is 2.52. The van der Waals surface area contributed by atoms with Gasteiger partial charge in [-0.1, -0.05) is 13.8 Å². The molecule has 1 aromatic rings. The summed E-state index contributed by atoms with van der Waals surface area (Å²) in [6.07, 6.45) is 0.0714. The number of phenols is 1. The van der Waals surface area contributed by atoms with Crippen molar-refractivity contribution in [1.82, 2.24) is 9.80 Å². The maximum atomic E-state index is 16.2. The number of anilines is 1. The normalized spacial score (nSPS) is 33.1. The van der Waals surface area contributed by atoms with Crippen molar-refractivity contribution in [3.63, 3.8) is 0 Å². The zero-order valence-corrected chi connectivity index (χ0v) is 24.1. The number of carbonyl (C=O) groups excluding carboxylic acids is 6. The first-order valence-corrected chi connectivity index (χ1v) is 14.0. The average molecular weight is 587 g/mol. The van der Waals surface area contributed by atoms with E-state index in [0.29, 0.717) is 6.42 Å². The third kappa shape index (κ3) is 4.04. The first-order valence-electron chi connectivity index (χ1n) is 14.0. The largest absolute Gasteiger partial charge is 0.505 e.